The summed E-state index contributed by atoms with van der Waals surface area (Å²) < 4.78 is 44.7. The molecule has 2 N–H and O–H groups in total. The van der Waals surface area contributed by atoms with Crippen LogP contribution in [0.15, 0.2) is 30.5 Å². The Balaban J connectivity index is 2.09. The van der Waals surface area contributed by atoms with E-state index < -0.39 is 24.2 Å². The number of rotatable bonds is 5. The summed E-state index contributed by atoms with van der Waals surface area (Å²) in [6.45, 7) is 1.51. The lowest BCUT2D eigenvalue weighted by Crippen LogP contribution is -2.38. The Bertz CT molecular complexity index is 938. The zero-order chi connectivity index (χ0) is 21.0. The molecule has 1 fully saturated rings. The zero-order valence-corrected chi connectivity index (χ0v) is 15.2. The van der Waals surface area contributed by atoms with Crippen molar-refractivity contribution in [3.05, 3.63) is 41.6 Å². The molecule has 0 saturated carbocycles. The van der Waals surface area contributed by atoms with Crippen LogP contribution >= 0.6 is 0 Å². The number of primary amides is 1. The Morgan fingerprint density at radius 2 is 2.07 bits per heavy atom. The molecule has 2 heterocycles. The summed E-state index contributed by atoms with van der Waals surface area (Å²) in [4.78, 5) is 23.2. The van der Waals surface area contributed by atoms with E-state index in [0.717, 1.165) is 12.1 Å². The van der Waals surface area contributed by atoms with Gasteiger partial charge in [0.1, 0.15) is 18.2 Å². The Hall–Kier alpha value is -3.39. The molecule has 8 nitrogen and oxygen atoms in total. The number of nitrogens with two attached hydrogens (primary N) is 1. The maximum absolute atomic E-state index is 13.1. The van der Waals surface area contributed by atoms with Gasteiger partial charge in [-0.3, -0.25) is 4.79 Å². The van der Waals surface area contributed by atoms with Gasteiger partial charge >= 0.3 is 6.18 Å². The van der Waals surface area contributed by atoms with Crippen molar-refractivity contribution in [1.29, 1.82) is 5.26 Å². The van der Waals surface area contributed by atoms with Crippen molar-refractivity contribution in [2.24, 2.45) is 5.73 Å². The van der Waals surface area contributed by atoms with Crippen molar-refractivity contribution in [2.45, 2.75) is 6.18 Å². The molecule has 1 aliphatic rings. The molecule has 1 aromatic heterocycles. The number of alkyl halides is 3. The molecule has 152 valence electrons. The van der Waals surface area contributed by atoms with Crippen LogP contribution in [0.4, 0.5) is 30.6 Å². The second-order valence-corrected chi connectivity index (χ2v) is 6.22. The third-order valence-corrected chi connectivity index (χ3v) is 4.23. The van der Waals surface area contributed by atoms with Gasteiger partial charge in [-0.1, -0.05) is 6.07 Å². The smallest absolute Gasteiger partial charge is 0.378 e. The zero-order valence-electron chi connectivity index (χ0n) is 15.2. The SMILES string of the molecule is N#Cc1cnc(N2CCOCC2)nc1N(CC(N)=O)c1cccc(C(F)(F)F)c1. The monoisotopic (exact) mass is 406 g/mol. The first-order chi connectivity index (χ1) is 13.8. The topological polar surface area (TPSA) is 108 Å². The Labute approximate surface area is 164 Å². The minimum absolute atomic E-state index is 0.000621. The molecule has 0 bridgehead atoms. The van der Waals surface area contributed by atoms with Crippen molar-refractivity contribution >= 4 is 23.4 Å². The fourth-order valence-electron chi connectivity index (χ4n) is 2.86. The van der Waals surface area contributed by atoms with Gasteiger partial charge in [-0.2, -0.15) is 23.4 Å². The Morgan fingerprint density at radius 3 is 2.69 bits per heavy atom. The molecule has 0 aliphatic carbocycles. The first kappa shape index (κ1) is 20.3. The van der Waals surface area contributed by atoms with E-state index in [2.05, 4.69) is 9.97 Å². The standard InChI is InChI=1S/C18H17F3N6O2/c19-18(20,21)13-2-1-3-14(8-13)27(11-15(23)28)16-12(9-22)10-24-17(25-16)26-4-6-29-7-5-26/h1-3,8,10H,4-7,11H2,(H2,23,28). The van der Waals surface area contributed by atoms with E-state index in [1.165, 1.54) is 23.2 Å². The summed E-state index contributed by atoms with van der Waals surface area (Å²) >= 11 is 0. The molecule has 1 aromatic carbocycles. The molecule has 1 amide bonds. The van der Waals surface area contributed by atoms with E-state index in [0.29, 0.717) is 26.3 Å². The number of hydrogen-bond acceptors (Lipinski definition) is 7. The summed E-state index contributed by atoms with van der Waals surface area (Å²) in [5.74, 6) is -0.510. The number of aromatic nitrogens is 2. The molecule has 1 saturated heterocycles. The van der Waals surface area contributed by atoms with E-state index >= 15 is 0 Å². The first-order valence-electron chi connectivity index (χ1n) is 8.62. The van der Waals surface area contributed by atoms with Crippen LogP contribution in [0.25, 0.3) is 0 Å². The average Bonchev–Trinajstić information content (AvgIpc) is 2.71. The highest BCUT2D eigenvalue weighted by Gasteiger charge is 2.31. The first-order valence-corrected chi connectivity index (χ1v) is 8.62. The maximum Gasteiger partial charge on any atom is 0.416 e. The van der Waals surface area contributed by atoms with Gasteiger partial charge in [-0.05, 0) is 18.2 Å². The normalized spacial score (nSPS) is 14.3. The third-order valence-electron chi connectivity index (χ3n) is 4.23. The molecule has 0 unspecified atom stereocenters. The minimum Gasteiger partial charge on any atom is -0.378 e. The lowest BCUT2D eigenvalue weighted by Gasteiger charge is -2.29. The van der Waals surface area contributed by atoms with Crippen LogP contribution in [0.5, 0.6) is 0 Å². The van der Waals surface area contributed by atoms with E-state index in [4.69, 9.17) is 10.5 Å². The van der Waals surface area contributed by atoms with Crippen molar-refractivity contribution in [3.63, 3.8) is 0 Å². The van der Waals surface area contributed by atoms with E-state index in [-0.39, 0.29) is 23.0 Å². The van der Waals surface area contributed by atoms with E-state index in [1.54, 1.807) is 0 Å². The number of ether oxygens (including phenoxy) is 1. The highest BCUT2D eigenvalue weighted by molar-refractivity contribution is 5.83. The molecular weight excluding hydrogens is 389 g/mol. The average molecular weight is 406 g/mol. The van der Waals surface area contributed by atoms with Crippen molar-refractivity contribution in [3.8, 4) is 6.07 Å². The van der Waals surface area contributed by atoms with Gasteiger partial charge < -0.3 is 20.3 Å². The van der Waals surface area contributed by atoms with Gasteiger partial charge in [0.15, 0.2) is 5.82 Å². The molecule has 1 aliphatic heterocycles. The highest BCUT2D eigenvalue weighted by atomic mass is 19.4. The number of nitrogens with zero attached hydrogens (tertiary/aromatic N) is 5. The van der Waals surface area contributed by atoms with Gasteiger partial charge in [-0.25, -0.2) is 4.98 Å². The van der Waals surface area contributed by atoms with Crippen molar-refractivity contribution in [1.82, 2.24) is 9.97 Å². The maximum atomic E-state index is 13.1. The quantitative estimate of drug-likeness (QED) is 0.807. The van der Waals surface area contributed by atoms with Crippen LogP contribution in [0.1, 0.15) is 11.1 Å². The molecule has 11 heteroatoms. The number of nitriles is 1. The van der Waals surface area contributed by atoms with Crippen LogP contribution in [0.3, 0.4) is 0 Å². The van der Waals surface area contributed by atoms with Gasteiger partial charge in [-0.15, -0.1) is 0 Å². The lowest BCUT2D eigenvalue weighted by molar-refractivity contribution is -0.137. The summed E-state index contributed by atoms with van der Waals surface area (Å²) in [6, 6.07) is 6.29. The number of anilines is 3. The van der Waals surface area contributed by atoms with Crippen LogP contribution in [-0.4, -0.2) is 48.7 Å². The summed E-state index contributed by atoms with van der Waals surface area (Å²) in [7, 11) is 0. The molecular formula is C18H17F3N6O2. The van der Waals surface area contributed by atoms with Gasteiger partial charge in [0.25, 0.3) is 0 Å². The largest absolute Gasteiger partial charge is 0.416 e. The third kappa shape index (κ3) is 4.72. The minimum atomic E-state index is -4.57. The van der Waals surface area contributed by atoms with Crippen molar-refractivity contribution in [2.75, 3.05) is 42.6 Å². The molecule has 0 spiro atoms. The molecule has 29 heavy (non-hydrogen) atoms. The fraction of sp³-hybridized carbons (Fsp3) is 0.333. The number of halogens is 3. The number of carbonyl (C=O) groups is 1. The number of benzene rings is 1. The Kier molecular flexibility index (Phi) is 5.84. The molecule has 2 aromatic rings. The molecule has 0 atom stereocenters. The van der Waals surface area contributed by atoms with E-state index in [1.807, 2.05) is 11.0 Å². The summed E-state index contributed by atoms with van der Waals surface area (Å²) in [5.41, 5.74) is 4.44. The summed E-state index contributed by atoms with van der Waals surface area (Å²) in [5, 5.41) is 9.45. The van der Waals surface area contributed by atoms with Crippen LogP contribution in [0.2, 0.25) is 0 Å². The Morgan fingerprint density at radius 1 is 1.34 bits per heavy atom. The van der Waals surface area contributed by atoms with E-state index in [9.17, 15) is 23.2 Å². The molecule has 3 rings (SSSR count). The lowest BCUT2D eigenvalue weighted by atomic mass is 10.1. The number of carbonyl (C=O) groups excluding carboxylic acids is 1. The second kappa shape index (κ2) is 8.32. The van der Waals surface area contributed by atoms with Gasteiger partial charge in [0, 0.05) is 18.8 Å². The summed E-state index contributed by atoms with van der Waals surface area (Å²) in [6.07, 6.45) is -3.30. The van der Waals surface area contributed by atoms with Gasteiger partial charge in [0.05, 0.1) is 25.0 Å². The van der Waals surface area contributed by atoms with Crippen LogP contribution < -0.4 is 15.5 Å². The molecule has 0 radical (unpaired) electrons. The number of amides is 1. The van der Waals surface area contributed by atoms with Crippen LogP contribution in [-0.2, 0) is 15.7 Å². The number of morpholine rings is 1. The highest BCUT2D eigenvalue weighted by Crippen LogP contribution is 2.34. The predicted octanol–water partition coefficient (Wildman–Crippen LogP) is 1.83. The van der Waals surface area contributed by atoms with Crippen LogP contribution in [0, 0.1) is 11.3 Å². The predicted molar refractivity (Wildman–Crippen MR) is 97.4 cm³/mol. The number of hydrogen-bond donors (Lipinski definition) is 1. The van der Waals surface area contributed by atoms with Gasteiger partial charge in [0.2, 0.25) is 11.9 Å². The fourth-order valence-corrected chi connectivity index (χ4v) is 2.86. The second-order valence-electron chi connectivity index (χ2n) is 6.22. The van der Waals surface area contributed by atoms with Crippen molar-refractivity contribution < 1.29 is 22.7 Å².